The predicted molar refractivity (Wildman–Crippen MR) is 84.9 cm³/mol. The van der Waals surface area contributed by atoms with Crippen molar-refractivity contribution in [3.05, 3.63) is 69.9 Å². The van der Waals surface area contributed by atoms with Gasteiger partial charge in [-0.2, -0.15) is 4.68 Å². The smallest absolute Gasteiger partial charge is 0.388 e. The van der Waals surface area contributed by atoms with Crippen LogP contribution in [0.25, 0.3) is 21.7 Å². The van der Waals surface area contributed by atoms with Crippen molar-refractivity contribution >= 4 is 21.6 Å². The minimum absolute atomic E-state index is 0.163. The van der Waals surface area contributed by atoms with Gasteiger partial charge in [-0.25, -0.2) is 14.2 Å². The molecule has 0 spiro atoms. The molecule has 114 valence electrons. The maximum absolute atomic E-state index is 13.0. The number of fused-ring (bicyclic) bond motifs is 1. The number of benzene rings is 2. The molecule has 0 saturated carbocycles. The summed E-state index contributed by atoms with van der Waals surface area (Å²) >= 11 is 1.51. The molecule has 2 heterocycles. The van der Waals surface area contributed by atoms with E-state index in [9.17, 15) is 9.18 Å². The minimum atomic E-state index is -0.566. The highest BCUT2D eigenvalue weighted by Gasteiger charge is 2.12. The van der Waals surface area contributed by atoms with Gasteiger partial charge in [0.15, 0.2) is 0 Å². The Hall–Kier alpha value is -2.80. The second-order valence-electron chi connectivity index (χ2n) is 4.91. The normalized spacial score (nSPS) is 11.2. The Morgan fingerprint density at radius 2 is 1.91 bits per heavy atom. The Morgan fingerprint density at radius 3 is 2.70 bits per heavy atom. The van der Waals surface area contributed by atoms with Gasteiger partial charge in [0.2, 0.25) is 5.89 Å². The van der Waals surface area contributed by atoms with Crippen LogP contribution in [0, 0.1) is 5.82 Å². The van der Waals surface area contributed by atoms with E-state index in [0.29, 0.717) is 5.56 Å². The first-order valence-electron chi connectivity index (χ1n) is 6.87. The Labute approximate surface area is 133 Å². The molecule has 23 heavy (non-hydrogen) atoms. The third kappa shape index (κ3) is 2.66. The molecule has 0 amide bonds. The summed E-state index contributed by atoms with van der Waals surface area (Å²) in [5.41, 5.74) is 1.44. The van der Waals surface area contributed by atoms with Crippen LogP contribution in [-0.4, -0.2) is 14.8 Å². The number of thiazole rings is 1. The number of nitrogens with zero attached hydrogens (tertiary/aromatic N) is 3. The van der Waals surface area contributed by atoms with Crippen molar-refractivity contribution in [3.8, 4) is 11.5 Å². The molecule has 0 atom stereocenters. The molecule has 0 aliphatic heterocycles. The van der Waals surface area contributed by atoms with Crippen molar-refractivity contribution in [3.63, 3.8) is 0 Å². The van der Waals surface area contributed by atoms with Crippen LogP contribution >= 0.6 is 11.3 Å². The number of para-hydroxylation sites is 1. The lowest BCUT2D eigenvalue weighted by molar-refractivity contribution is 0.495. The summed E-state index contributed by atoms with van der Waals surface area (Å²) in [6.45, 7) is 0.239. The molecule has 7 heteroatoms. The highest BCUT2D eigenvalue weighted by molar-refractivity contribution is 7.18. The van der Waals surface area contributed by atoms with Crippen molar-refractivity contribution < 1.29 is 8.81 Å². The number of aromatic nitrogens is 3. The molecule has 0 aliphatic carbocycles. The maximum atomic E-state index is 13.0. The van der Waals surface area contributed by atoms with E-state index < -0.39 is 5.76 Å². The van der Waals surface area contributed by atoms with E-state index in [0.717, 1.165) is 15.2 Å². The second-order valence-corrected chi connectivity index (χ2v) is 6.03. The maximum Gasteiger partial charge on any atom is 0.437 e. The molecule has 0 N–H and O–H groups in total. The van der Waals surface area contributed by atoms with Gasteiger partial charge in [-0.05, 0) is 36.4 Å². The highest BCUT2D eigenvalue weighted by Crippen LogP contribution is 2.22. The van der Waals surface area contributed by atoms with Crippen molar-refractivity contribution in [2.24, 2.45) is 0 Å². The molecule has 0 bridgehead atoms. The van der Waals surface area contributed by atoms with E-state index >= 15 is 0 Å². The van der Waals surface area contributed by atoms with Crippen molar-refractivity contribution in [2.75, 3.05) is 0 Å². The lowest BCUT2D eigenvalue weighted by Crippen LogP contribution is -2.16. The Morgan fingerprint density at radius 1 is 1.13 bits per heavy atom. The van der Waals surface area contributed by atoms with Gasteiger partial charge in [-0.15, -0.1) is 16.4 Å². The lowest BCUT2D eigenvalue weighted by atomic mass is 10.2. The van der Waals surface area contributed by atoms with Gasteiger partial charge in [0, 0.05) is 5.56 Å². The molecule has 2 aromatic carbocycles. The van der Waals surface area contributed by atoms with Crippen molar-refractivity contribution in [1.82, 2.24) is 14.8 Å². The topological polar surface area (TPSA) is 60.9 Å². The predicted octanol–water partition coefficient (Wildman–Crippen LogP) is 3.30. The van der Waals surface area contributed by atoms with Gasteiger partial charge in [0.05, 0.1) is 10.2 Å². The van der Waals surface area contributed by atoms with Gasteiger partial charge in [-0.3, -0.25) is 0 Å². The highest BCUT2D eigenvalue weighted by atomic mass is 32.1. The summed E-state index contributed by atoms with van der Waals surface area (Å²) in [4.78, 5) is 16.4. The van der Waals surface area contributed by atoms with Crippen molar-refractivity contribution in [2.45, 2.75) is 6.54 Å². The largest absolute Gasteiger partial charge is 0.437 e. The second kappa shape index (κ2) is 5.44. The van der Waals surface area contributed by atoms with Gasteiger partial charge in [0.25, 0.3) is 0 Å². The Balaban J connectivity index is 1.67. The third-order valence-electron chi connectivity index (χ3n) is 3.32. The number of rotatable bonds is 3. The number of hydrogen-bond acceptors (Lipinski definition) is 5. The average Bonchev–Trinajstić information content (AvgIpc) is 3.12. The molecular weight excluding hydrogens is 317 g/mol. The molecule has 5 nitrogen and oxygen atoms in total. The van der Waals surface area contributed by atoms with E-state index in [1.165, 1.54) is 40.3 Å². The van der Waals surface area contributed by atoms with E-state index in [4.69, 9.17) is 4.42 Å². The SMILES string of the molecule is O=c1oc(-c2ccc(F)cc2)nn1Cc1nc2ccccc2s1. The van der Waals surface area contributed by atoms with Crippen LogP contribution in [0.4, 0.5) is 4.39 Å². The third-order valence-corrected chi connectivity index (χ3v) is 4.34. The summed E-state index contributed by atoms with van der Waals surface area (Å²) in [5.74, 6) is -0.760. The van der Waals surface area contributed by atoms with E-state index in [1.807, 2.05) is 24.3 Å². The molecule has 2 aromatic heterocycles. The van der Waals surface area contributed by atoms with Gasteiger partial charge < -0.3 is 4.42 Å². The summed E-state index contributed by atoms with van der Waals surface area (Å²) in [7, 11) is 0. The fourth-order valence-corrected chi connectivity index (χ4v) is 3.18. The number of halogens is 1. The van der Waals surface area contributed by atoms with Gasteiger partial charge in [0.1, 0.15) is 17.4 Å². The van der Waals surface area contributed by atoms with Crippen LogP contribution < -0.4 is 5.76 Å². The molecule has 0 saturated heterocycles. The molecule has 0 aliphatic rings. The first-order valence-corrected chi connectivity index (χ1v) is 7.69. The van der Waals surface area contributed by atoms with Crippen LogP contribution in [0.2, 0.25) is 0 Å². The zero-order chi connectivity index (χ0) is 15.8. The minimum Gasteiger partial charge on any atom is -0.388 e. The summed E-state index contributed by atoms with van der Waals surface area (Å²) < 4.78 is 20.4. The Bertz CT molecular complexity index is 1000. The molecule has 0 radical (unpaired) electrons. The zero-order valence-corrected chi connectivity index (χ0v) is 12.6. The van der Waals surface area contributed by atoms with Crippen LogP contribution in [0.5, 0.6) is 0 Å². The summed E-state index contributed by atoms with van der Waals surface area (Å²) in [6.07, 6.45) is 0. The molecular formula is C16H10FN3O2S. The molecule has 0 unspecified atom stereocenters. The molecule has 4 rings (SSSR count). The standard InChI is InChI=1S/C16H10FN3O2S/c17-11-7-5-10(6-8-11)15-19-20(16(21)22-15)9-14-18-12-3-1-2-4-13(12)23-14/h1-8H,9H2. The van der Waals surface area contributed by atoms with Gasteiger partial charge in [-0.1, -0.05) is 12.1 Å². The van der Waals surface area contributed by atoms with Gasteiger partial charge >= 0.3 is 5.76 Å². The first-order chi connectivity index (χ1) is 11.2. The Kier molecular flexibility index (Phi) is 3.27. The summed E-state index contributed by atoms with van der Waals surface area (Å²) in [5, 5.41) is 4.93. The quantitative estimate of drug-likeness (QED) is 0.579. The van der Waals surface area contributed by atoms with E-state index in [2.05, 4.69) is 10.1 Å². The average molecular weight is 327 g/mol. The summed E-state index contributed by atoms with van der Waals surface area (Å²) in [6, 6.07) is 13.4. The first kappa shape index (κ1) is 13.8. The lowest BCUT2D eigenvalue weighted by Gasteiger charge is -1.94. The fraction of sp³-hybridized carbons (Fsp3) is 0.0625. The van der Waals surface area contributed by atoms with Crippen molar-refractivity contribution in [1.29, 1.82) is 0 Å². The fourth-order valence-electron chi connectivity index (χ4n) is 2.23. The van der Waals surface area contributed by atoms with E-state index in [-0.39, 0.29) is 18.3 Å². The van der Waals surface area contributed by atoms with E-state index in [1.54, 1.807) is 0 Å². The zero-order valence-electron chi connectivity index (χ0n) is 11.8. The molecule has 4 aromatic rings. The van der Waals surface area contributed by atoms with Crippen LogP contribution in [0.3, 0.4) is 0 Å². The van der Waals surface area contributed by atoms with Crippen LogP contribution in [-0.2, 0) is 6.54 Å². The molecule has 0 fully saturated rings. The monoisotopic (exact) mass is 327 g/mol. The van der Waals surface area contributed by atoms with Crippen LogP contribution in [0.1, 0.15) is 5.01 Å². The number of hydrogen-bond donors (Lipinski definition) is 0. The van der Waals surface area contributed by atoms with Crippen LogP contribution in [0.15, 0.2) is 57.7 Å².